The van der Waals surface area contributed by atoms with Gasteiger partial charge in [0.1, 0.15) is 0 Å². The van der Waals surface area contributed by atoms with Crippen molar-refractivity contribution in [2.75, 3.05) is 25.6 Å². The van der Waals surface area contributed by atoms with Crippen LogP contribution in [0.2, 0.25) is 0 Å². The first-order valence-electron chi connectivity index (χ1n) is 6.26. The topological polar surface area (TPSA) is 38.3 Å². The van der Waals surface area contributed by atoms with Crippen molar-refractivity contribution in [3.05, 3.63) is 35.9 Å². The Morgan fingerprint density at radius 3 is 2.67 bits per heavy atom. The Bertz CT molecular complexity index is 343. The quantitative estimate of drug-likeness (QED) is 0.582. The molecule has 1 rings (SSSR count). The number of alkyl halides is 1. The number of benzene rings is 1. The molecule has 0 aliphatic rings. The Hall–Kier alpha value is -1.06. The lowest BCUT2D eigenvalue weighted by Gasteiger charge is -2.15. The summed E-state index contributed by atoms with van der Waals surface area (Å²) in [6.07, 6.45) is 0.790. The molecule has 0 saturated heterocycles. The van der Waals surface area contributed by atoms with Crippen LogP contribution in [-0.4, -0.2) is 31.5 Å². The number of ether oxygens (including phenoxy) is 1. The van der Waals surface area contributed by atoms with Gasteiger partial charge in [0.25, 0.3) is 0 Å². The van der Waals surface area contributed by atoms with Crippen LogP contribution in [0, 0.1) is 0 Å². The maximum Gasteiger partial charge on any atom is 0.227 e. The van der Waals surface area contributed by atoms with E-state index < -0.39 is 0 Å². The Morgan fingerprint density at radius 2 is 2.06 bits per heavy atom. The first-order valence-corrected chi connectivity index (χ1v) is 6.79. The van der Waals surface area contributed by atoms with Crippen LogP contribution in [0.5, 0.6) is 0 Å². The minimum absolute atomic E-state index is 0.0539. The van der Waals surface area contributed by atoms with Crippen LogP contribution in [-0.2, 0) is 9.53 Å². The summed E-state index contributed by atoms with van der Waals surface area (Å²) < 4.78 is 5.21. The summed E-state index contributed by atoms with van der Waals surface area (Å²) in [6, 6.07) is 9.83. The summed E-state index contributed by atoms with van der Waals surface area (Å²) in [7, 11) is 0. The fourth-order valence-electron chi connectivity index (χ4n) is 1.78. The van der Waals surface area contributed by atoms with E-state index in [1.807, 2.05) is 37.3 Å². The molecule has 4 heteroatoms. The molecule has 1 N–H and O–H groups in total. The zero-order chi connectivity index (χ0) is 13.2. The van der Waals surface area contributed by atoms with Gasteiger partial charge in [-0.1, -0.05) is 37.3 Å². The van der Waals surface area contributed by atoms with Crippen molar-refractivity contribution in [1.82, 2.24) is 5.32 Å². The number of carbonyl (C=O) groups excluding carboxylic acids is 1. The molecular weight excluding hydrogens is 250 g/mol. The molecule has 1 aromatic rings. The van der Waals surface area contributed by atoms with Crippen molar-refractivity contribution in [1.29, 1.82) is 0 Å². The number of halogens is 1. The van der Waals surface area contributed by atoms with Gasteiger partial charge in [0.15, 0.2) is 0 Å². The normalized spacial score (nSPS) is 12.1. The van der Waals surface area contributed by atoms with E-state index in [1.54, 1.807) is 0 Å². The van der Waals surface area contributed by atoms with Gasteiger partial charge in [-0.2, -0.15) is 0 Å². The van der Waals surface area contributed by atoms with Crippen LogP contribution >= 0.6 is 11.6 Å². The van der Waals surface area contributed by atoms with Crippen LogP contribution in [0.15, 0.2) is 30.3 Å². The highest BCUT2D eigenvalue weighted by molar-refractivity contribution is 6.17. The van der Waals surface area contributed by atoms with E-state index in [4.69, 9.17) is 16.3 Å². The van der Waals surface area contributed by atoms with E-state index in [1.165, 1.54) is 0 Å². The molecule has 0 heterocycles. The van der Waals surface area contributed by atoms with Crippen molar-refractivity contribution >= 4 is 17.5 Å². The van der Waals surface area contributed by atoms with Gasteiger partial charge in [0.05, 0.1) is 19.1 Å². The van der Waals surface area contributed by atoms with Crippen molar-refractivity contribution in [2.24, 2.45) is 0 Å². The van der Waals surface area contributed by atoms with E-state index in [9.17, 15) is 4.79 Å². The average Bonchev–Trinajstić information content (AvgIpc) is 2.40. The van der Waals surface area contributed by atoms with Crippen LogP contribution in [0.4, 0.5) is 0 Å². The van der Waals surface area contributed by atoms with E-state index in [2.05, 4.69) is 5.32 Å². The molecule has 0 bridgehead atoms. The standard InChI is InChI=1S/C14H20ClNO2/c1-2-13(12-6-4-3-5-7-12)14(17)16-9-11-18-10-8-15/h3-7,13H,2,8-11H2,1H3,(H,16,17). The molecule has 0 saturated carbocycles. The summed E-state index contributed by atoms with van der Waals surface area (Å²) in [6.45, 7) is 3.57. The van der Waals surface area contributed by atoms with Gasteiger partial charge < -0.3 is 10.1 Å². The molecular formula is C14H20ClNO2. The molecule has 0 aliphatic heterocycles. The Labute approximate surface area is 113 Å². The highest BCUT2D eigenvalue weighted by Crippen LogP contribution is 2.18. The van der Waals surface area contributed by atoms with Gasteiger partial charge in [0, 0.05) is 12.4 Å². The van der Waals surface area contributed by atoms with Gasteiger partial charge in [0.2, 0.25) is 5.91 Å². The first-order chi connectivity index (χ1) is 8.79. The number of carbonyl (C=O) groups is 1. The zero-order valence-electron chi connectivity index (χ0n) is 10.7. The third-order valence-corrected chi connectivity index (χ3v) is 2.85. The van der Waals surface area contributed by atoms with Gasteiger partial charge in [-0.05, 0) is 12.0 Å². The number of nitrogens with one attached hydrogen (secondary N) is 1. The molecule has 1 unspecified atom stereocenters. The fraction of sp³-hybridized carbons (Fsp3) is 0.500. The minimum atomic E-state index is -0.0840. The van der Waals surface area contributed by atoms with E-state index in [-0.39, 0.29) is 11.8 Å². The van der Waals surface area contributed by atoms with E-state index in [0.717, 1.165) is 12.0 Å². The number of rotatable bonds is 8. The lowest BCUT2D eigenvalue weighted by atomic mass is 9.96. The lowest BCUT2D eigenvalue weighted by molar-refractivity contribution is -0.122. The van der Waals surface area contributed by atoms with E-state index >= 15 is 0 Å². The van der Waals surface area contributed by atoms with Crippen LogP contribution < -0.4 is 5.32 Å². The molecule has 1 aromatic carbocycles. The smallest absolute Gasteiger partial charge is 0.227 e. The maximum atomic E-state index is 12.0. The van der Waals surface area contributed by atoms with Crippen molar-refractivity contribution in [3.8, 4) is 0 Å². The summed E-state index contributed by atoms with van der Waals surface area (Å²) in [5.41, 5.74) is 1.05. The van der Waals surface area contributed by atoms with Gasteiger partial charge in [-0.15, -0.1) is 11.6 Å². The Morgan fingerprint density at radius 1 is 1.33 bits per heavy atom. The predicted octanol–water partition coefficient (Wildman–Crippen LogP) is 2.55. The second-order valence-corrected chi connectivity index (χ2v) is 4.34. The number of amides is 1. The molecule has 0 fully saturated rings. The SMILES string of the molecule is CCC(C(=O)NCCOCCCl)c1ccccc1. The second kappa shape index (κ2) is 8.95. The van der Waals surface area contributed by atoms with Crippen LogP contribution in [0.1, 0.15) is 24.8 Å². The molecule has 1 atom stereocenters. The fourth-order valence-corrected chi connectivity index (χ4v) is 1.89. The Balaban J connectivity index is 2.39. The minimum Gasteiger partial charge on any atom is -0.378 e. The molecule has 0 aromatic heterocycles. The molecule has 100 valence electrons. The van der Waals surface area contributed by atoms with Crippen LogP contribution in [0.3, 0.4) is 0 Å². The third kappa shape index (κ3) is 5.07. The Kier molecular flexibility index (Phi) is 7.46. The monoisotopic (exact) mass is 269 g/mol. The largest absolute Gasteiger partial charge is 0.378 e. The molecule has 0 spiro atoms. The van der Waals surface area contributed by atoms with Crippen molar-refractivity contribution in [2.45, 2.75) is 19.3 Å². The number of hydrogen-bond acceptors (Lipinski definition) is 2. The summed E-state index contributed by atoms with van der Waals surface area (Å²) >= 11 is 5.48. The molecule has 1 amide bonds. The molecule has 0 aliphatic carbocycles. The second-order valence-electron chi connectivity index (χ2n) is 3.96. The van der Waals surface area contributed by atoms with E-state index in [0.29, 0.717) is 25.6 Å². The first kappa shape index (κ1) is 15.0. The predicted molar refractivity (Wildman–Crippen MR) is 74.0 cm³/mol. The average molecular weight is 270 g/mol. The summed E-state index contributed by atoms with van der Waals surface area (Å²) in [5.74, 6) is 0.452. The highest BCUT2D eigenvalue weighted by atomic mass is 35.5. The van der Waals surface area contributed by atoms with Crippen molar-refractivity contribution < 1.29 is 9.53 Å². The lowest BCUT2D eigenvalue weighted by Crippen LogP contribution is -2.32. The van der Waals surface area contributed by atoms with Gasteiger partial charge >= 0.3 is 0 Å². The number of hydrogen-bond donors (Lipinski definition) is 1. The van der Waals surface area contributed by atoms with Gasteiger partial charge in [-0.25, -0.2) is 0 Å². The molecule has 3 nitrogen and oxygen atoms in total. The highest BCUT2D eigenvalue weighted by Gasteiger charge is 2.17. The van der Waals surface area contributed by atoms with Gasteiger partial charge in [-0.3, -0.25) is 4.79 Å². The maximum absolute atomic E-state index is 12.0. The van der Waals surface area contributed by atoms with Crippen LogP contribution in [0.25, 0.3) is 0 Å². The third-order valence-electron chi connectivity index (χ3n) is 2.69. The summed E-state index contributed by atoms with van der Waals surface area (Å²) in [5, 5.41) is 2.88. The zero-order valence-corrected chi connectivity index (χ0v) is 11.5. The molecule has 0 radical (unpaired) electrons. The van der Waals surface area contributed by atoms with Crippen molar-refractivity contribution in [3.63, 3.8) is 0 Å². The summed E-state index contributed by atoms with van der Waals surface area (Å²) in [4.78, 5) is 12.0. The molecule has 18 heavy (non-hydrogen) atoms.